The molecule has 4 aromatic rings. The third-order valence-corrected chi connectivity index (χ3v) is 5.98. The summed E-state index contributed by atoms with van der Waals surface area (Å²) < 4.78 is 10.6. The number of methoxy groups -OCH3 is 1. The number of benzene rings is 2. The molecule has 2 aromatic heterocycles. The molecule has 9 heteroatoms. The first kappa shape index (κ1) is 19.1. The number of aryl methyl sites for hydroxylation is 1. The maximum atomic E-state index is 13.4. The van der Waals surface area contributed by atoms with Crippen LogP contribution in [-0.2, 0) is 4.74 Å². The zero-order valence-electron chi connectivity index (χ0n) is 16.5. The highest BCUT2D eigenvalue weighted by molar-refractivity contribution is 7.15. The molecule has 1 aliphatic heterocycles. The van der Waals surface area contributed by atoms with Gasteiger partial charge in [0.25, 0.3) is 5.91 Å². The van der Waals surface area contributed by atoms with E-state index in [4.69, 9.17) is 9.15 Å². The Morgan fingerprint density at radius 3 is 2.52 bits per heavy atom. The molecule has 0 fully saturated rings. The standard InChI is InChI=1S/C22H15N3O5S/c1-11-23-24-22(31-11)25-17(12-7-9-13(10-8-12)21(28)29-2)16-18(26)14-5-3-4-6-15(14)30-19(16)20(25)27/h3-10,17H,1-2H3/t17-/m1/s1. The lowest BCUT2D eigenvalue weighted by molar-refractivity contribution is 0.0600. The normalized spacial score (nSPS) is 15.4. The van der Waals surface area contributed by atoms with Crippen molar-refractivity contribution in [2.45, 2.75) is 13.0 Å². The van der Waals surface area contributed by atoms with Gasteiger partial charge in [-0.05, 0) is 36.8 Å². The van der Waals surface area contributed by atoms with E-state index in [9.17, 15) is 14.4 Å². The van der Waals surface area contributed by atoms with Crippen LogP contribution in [0.2, 0.25) is 0 Å². The number of para-hydroxylation sites is 1. The maximum absolute atomic E-state index is 13.4. The van der Waals surface area contributed by atoms with Crippen molar-refractivity contribution in [2.24, 2.45) is 0 Å². The van der Waals surface area contributed by atoms with Gasteiger partial charge in [-0.25, -0.2) is 4.79 Å². The fourth-order valence-electron chi connectivity index (χ4n) is 3.74. The Morgan fingerprint density at radius 1 is 1.10 bits per heavy atom. The first-order valence-corrected chi connectivity index (χ1v) is 10.2. The molecule has 0 bridgehead atoms. The van der Waals surface area contributed by atoms with Gasteiger partial charge in [-0.1, -0.05) is 35.6 Å². The van der Waals surface area contributed by atoms with Gasteiger partial charge < -0.3 is 9.15 Å². The van der Waals surface area contributed by atoms with E-state index in [2.05, 4.69) is 10.2 Å². The van der Waals surface area contributed by atoms with Crippen molar-refractivity contribution in [3.8, 4) is 0 Å². The number of nitrogens with zero attached hydrogens (tertiary/aromatic N) is 3. The minimum absolute atomic E-state index is 0.0152. The van der Waals surface area contributed by atoms with Crippen LogP contribution in [0, 0.1) is 6.92 Å². The molecule has 154 valence electrons. The molecule has 8 nitrogen and oxygen atoms in total. The molecule has 0 unspecified atom stereocenters. The van der Waals surface area contributed by atoms with E-state index in [-0.39, 0.29) is 16.8 Å². The quantitative estimate of drug-likeness (QED) is 0.456. The van der Waals surface area contributed by atoms with Crippen molar-refractivity contribution >= 4 is 39.3 Å². The summed E-state index contributed by atoms with van der Waals surface area (Å²) in [5.41, 5.74) is 1.29. The van der Waals surface area contributed by atoms with Gasteiger partial charge in [-0.15, -0.1) is 10.2 Å². The Balaban J connectivity index is 1.75. The van der Waals surface area contributed by atoms with Gasteiger partial charge >= 0.3 is 5.97 Å². The third-order valence-electron chi connectivity index (χ3n) is 5.15. The van der Waals surface area contributed by atoms with Crippen molar-refractivity contribution in [1.29, 1.82) is 0 Å². The summed E-state index contributed by atoms with van der Waals surface area (Å²) in [5.74, 6) is -0.953. The van der Waals surface area contributed by atoms with Gasteiger partial charge in [0, 0.05) is 0 Å². The summed E-state index contributed by atoms with van der Waals surface area (Å²) >= 11 is 1.24. The van der Waals surface area contributed by atoms with E-state index in [1.807, 2.05) is 0 Å². The van der Waals surface area contributed by atoms with E-state index in [0.29, 0.717) is 32.2 Å². The summed E-state index contributed by atoms with van der Waals surface area (Å²) in [6, 6.07) is 12.6. The predicted octanol–water partition coefficient (Wildman–Crippen LogP) is 3.49. The van der Waals surface area contributed by atoms with E-state index in [0.717, 1.165) is 0 Å². The number of carbonyl (C=O) groups excluding carboxylic acids is 2. The Morgan fingerprint density at radius 2 is 1.84 bits per heavy atom. The Labute approximate surface area is 179 Å². The predicted molar refractivity (Wildman–Crippen MR) is 114 cm³/mol. The lowest BCUT2D eigenvalue weighted by atomic mass is 9.98. The molecule has 0 spiro atoms. The molecule has 5 rings (SSSR count). The molecular formula is C22H15N3O5S. The Kier molecular flexibility index (Phi) is 4.40. The first-order chi connectivity index (χ1) is 15.0. The molecule has 0 saturated carbocycles. The largest absolute Gasteiger partial charge is 0.465 e. The smallest absolute Gasteiger partial charge is 0.337 e. The number of ether oxygens (including phenoxy) is 1. The third kappa shape index (κ3) is 2.93. The van der Waals surface area contributed by atoms with Crippen molar-refractivity contribution in [1.82, 2.24) is 10.2 Å². The highest BCUT2D eigenvalue weighted by atomic mass is 32.1. The lowest BCUT2D eigenvalue weighted by Crippen LogP contribution is -2.29. The molecular weight excluding hydrogens is 418 g/mol. The molecule has 0 aliphatic carbocycles. The second kappa shape index (κ2) is 7.13. The number of fused-ring (bicyclic) bond motifs is 2. The Hall–Kier alpha value is -3.85. The van der Waals surface area contributed by atoms with E-state index >= 15 is 0 Å². The fourth-order valence-corrected chi connectivity index (χ4v) is 4.45. The van der Waals surface area contributed by atoms with Crippen LogP contribution in [0.4, 0.5) is 5.13 Å². The summed E-state index contributed by atoms with van der Waals surface area (Å²) in [4.78, 5) is 40.0. The van der Waals surface area contributed by atoms with Gasteiger partial charge in [-0.2, -0.15) is 0 Å². The first-order valence-electron chi connectivity index (χ1n) is 9.37. The van der Waals surface area contributed by atoms with Gasteiger partial charge in [0.15, 0.2) is 5.43 Å². The van der Waals surface area contributed by atoms with Gasteiger partial charge in [0.2, 0.25) is 10.9 Å². The summed E-state index contributed by atoms with van der Waals surface area (Å²) in [5, 5.41) is 9.57. The summed E-state index contributed by atoms with van der Waals surface area (Å²) in [7, 11) is 1.30. The van der Waals surface area contributed by atoms with Crippen LogP contribution < -0.4 is 10.3 Å². The fraction of sp³-hybridized carbons (Fsp3) is 0.136. The summed E-state index contributed by atoms with van der Waals surface area (Å²) in [6.45, 7) is 1.78. The molecule has 2 aromatic carbocycles. The number of rotatable bonds is 3. The van der Waals surface area contributed by atoms with Crippen LogP contribution in [0.5, 0.6) is 0 Å². The second-order valence-corrected chi connectivity index (χ2v) is 8.13. The number of hydrogen-bond acceptors (Lipinski definition) is 8. The van der Waals surface area contributed by atoms with Crippen molar-refractivity contribution in [3.05, 3.63) is 86.2 Å². The summed E-state index contributed by atoms with van der Waals surface area (Å²) in [6.07, 6.45) is 0. The highest BCUT2D eigenvalue weighted by Crippen LogP contribution is 2.42. The van der Waals surface area contributed by atoms with Crippen molar-refractivity contribution < 1.29 is 18.7 Å². The zero-order valence-corrected chi connectivity index (χ0v) is 17.3. The van der Waals surface area contributed by atoms with Gasteiger partial charge in [-0.3, -0.25) is 14.5 Å². The van der Waals surface area contributed by atoms with Crippen LogP contribution in [0.3, 0.4) is 0 Å². The number of amides is 1. The van der Waals surface area contributed by atoms with Crippen molar-refractivity contribution in [2.75, 3.05) is 12.0 Å². The van der Waals surface area contributed by atoms with Crippen LogP contribution in [0.25, 0.3) is 11.0 Å². The van der Waals surface area contributed by atoms with E-state index in [1.165, 1.54) is 23.3 Å². The topological polar surface area (TPSA) is 103 Å². The van der Waals surface area contributed by atoms with Crippen LogP contribution in [-0.4, -0.2) is 29.2 Å². The van der Waals surface area contributed by atoms with Crippen LogP contribution in [0.15, 0.2) is 57.7 Å². The number of esters is 1. The number of carbonyl (C=O) groups is 2. The zero-order chi connectivity index (χ0) is 21.7. The minimum atomic E-state index is -0.762. The Bertz CT molecular complexity index is 1410. The molecule has 31 heavy (non-hydrogen) atoms. The highest BCUT2D eigenvalue weighted by Gasteiger charge is 2.45. The maximum Gasteiger partial charge on any atom is 0.337 e. The molecule has 0 radical (unpaired) electrons. The minimum Gasteiger partial charge on any atom is -0.465 e. The van der Waals surface area contributed by atoms with Crippen LogP contribution >= 0.6 is 11.3 Å². The SMILES string of the molecule is COC(=O)c1ccc([C@@H]2c3c(oc4ccccc4c3=O)C(=O)N2c2nnc(C)s2)cc1. The van der Waals surface area contributed by atoms with Gasteiger partial charge in [0.05, 0.1) is 29.7 Å². The number of hydrogen-bond donors (Lipinski definition) is 0. The molecule has 3 heterocycles. The van der Waals surface area contributed by atoms with E-state index < -0.39 is 17.9 Å². The van der Waals surface area contributed by atoms with E-state index in [1.54, 1.807) is 55.5 Å². The van der Waals surface area contributed by atoms with Crippen LogP contribution in [0.1, 0.15) is 43.1 Å². The van der Waals surface area contributed by atoms with Gasteiger partial charge in [0.1, 0.15) is 10.6 Å². The second-order valence-electron chi connectivity index (χ2n) is 6.97. The monoisotopic (exact) mass is 433 g/mol. The number of aromatic nitrogens is 2. The van der Waals surface area contributed by atoms with Crippen molar-refractivity contribution in [3.63, 3.8) is 0 Å². The molecule has 1 aliphatic rings. The molecule has 1 amide bonds. The average molecular weight is 433 g/mol. The average Bonchev–Trinajstić information content (AvgIpc) is 3.34. The lowest BCUT2D eigenvalue weighted by Gasteiger charge is -2.22. The molecule has 0 N–H and O–H groups in total. The molecule has 1 atom stereocenters. The number of anilines is 1. The molecule has 0 saturated heterocycles.